The van der Waals surface area contributed by atoms with Crippen molar-refractivity contribution in [3.05, 3.63) is 70.8 Å². The van der Waals surface area contributed by atoms with E-state index >= 15 is 0 Å². The molecule has 0 bridgehead atoms. The van der Waals surface area contributed by atoms with Gasteiger partial charge in [-0.1, -0.05) is 54.1 Å². The number of rotatable bonds is 4. The zero-order chi connectivity index (χ0) is 14.2. The SMILES string of the molecule is Cc1ccc(CN(C)C)c(C2(c3ccccc3)CC2)c1. The molecule has 104 valence electrons. The van der Waals surface area contributed by atoms with E-state index in [1.165, 1.54) is 35.1 Å². The Kier molecular flexibility index (Phi) is 3.39. The zero-order valence-electron chi connectivity index (χ0n) is 12.7. The molecule has 1 aliphatic rings. The van der Waals surface area contributed by atoms with Crippen LogP contribution in [0, 0.1) is 6.92 Å². The van der Waals surface area contributed by atoms with Gasteiger partial charge in [-0.3, -0.25) is 0 Å². The van der Waals surface area contributed by atoms with Crippen molar-refractivity contribution in [1.29, 1.82) is 0 Å². The van der Waals surface area contributed by atoms with E-state index in [1.54, 1.807) is 0 Å². The number of hydrogen-bond acceptors (Lipinski definition) is 1. The summed E-state index contributed by atoms with van der Waals surface area (Å²) in [6.45, 7) is 3.22. The Labute approximate surface area is 122 Å². The van der Waals surface area contributed by atoms with Gasteiger partial charge in [0.25, 0.3) is 0 Å². The molecule has 0 radical (unpaired) electrons. The van der Waals surface area contributed by atoms with Gasteiger partial charge in [0, 0.05) is 12.0 Å². The van der Waals surface area contributed by atoms with E-state index in [4.69, 9.17) is 0 Å². The van der Waals surface area contributed by atoms with Crippen LogP contribution in [0.1, 0.15) is 35.1 Å². The highest BCUT2D eigenvalue weighted by Gasteiger charge is 2.46. The Morgan fingerprint density at radius 1 is 1.00 bits per heavy atom. The summed E-state index contributed by atoms with van der Waals surface area (Å²) in [5.74, 6) is 0. The maximum Gasteiger partial charge on any atom is 0.0230 e. The Balaban J connectivity index is 2.07. The highest BCUT2D eigenvalue weighted by molar-refractivity contribution is 5.49. The van der Waals surface area contributed by atoms with Crippen LogP contribution < -0.4 is 0 Å². The third kappa shape index (κ3) is 2.38. The molecule has 0 spiro atoms. The number of nitrogens with zero attached hydrogens (tertiary/aromatic N) is 1. The summed E-state index contributed by atoms with van der Waals surface area (Å²) in [4.78, 5) is 2.26. The molecular weight excluding hydrogens is 242 g/mol. The minimum atomic E-state index is 0.276. The monoisotopic (exact) mass is 265 g/mol. The van der Waals surface area contributed by atoms with Gasteiger partial charge in [-0.2, -0.15) is 0 Å². The molecule has 0 aromatic heterocycles. The van der Waals surface area contributed by atoms with E-state index in [9.17, 15) is 0 Å². The van der Waals surface area contributed by atoms with Gasteiger partial charge in [-0.05, 0) is 50.6 Å². The normalized spacial score (nSPS) is 16.4. The average Bonchev–Trinajstić information content (AvgIpc) is 3.23. The molecule has 1 aliphatic carbocycles. The second kappa shape index (κ2) is 5.06. The lowest BCUT2D eigenvalue weighted by molar-refractivity contribution is 0.400. The highest BCUT2D eigenvalue weighted by Crippen LogP contribution is 2.54. The van der Waals surface area contributed by atoms with Gasteiger partial charge < -0.3 is 4.90 Å². The first-order valence-electron chi connectivity index (χ1n) is 7.42. The molecular formula is C19H23N. The van der Waals surface area contributed by atoms with Gasteiger partial charge in [-0.15, -0.1) is 0 Å². The summed E-state index contributed by atoms with van der Waals surface area (Å²) in [5.41, 5.74) is 6.13. The van der Waals surface area contributed by atoms with Crippen molar-refractivity contribution in [1.82, 2.24) is 4.90 Å². The highest BCUT2D eigenvalue weighted by atomic mass is 15.0. The van der Waals surface area contributed by atoms with Crippen molar-refractivity contribution in [3.8, 4) is 0 Å². The van der Waals surface area contributed by atoms with Gasteiger partial charge in [0.2, 0.25) is 0 Å². The first-order chi connectivity index (χ1) is 9.62. The van der Waals surface area contributed by atoms with Crippen molar-refractivity contribution in [2.24, 2.45) is 0 Å². The molecule has 20 heavy (non-hydrogen) atoms. The van der Waals surface area contributed by atoms with E-state index < -0.39 is 0 Å². The van der Waals surface area contributed by atoms with Crippen molar-refractivity contribution in [2.45, 2.75) is 31.7 Å². The third-order valence-electron chi connectivity index (χ3n) is 4.34. The second-order valence-electron chi connectivity index (χ2n) is 6.35. The minimum absolute atomic E-state index is 0.276. The van der Waals surface area contributed by atoms with Crippen LogP contribution in [0.2, 0.25) is 0 Å². The first-order valence-corrected chi connectivity index (χ1v) is 7.42. The maximum absolute atomic E-state index is 2.40. The quantitative estimate of drug-likeness (QED) is 0.803. The van der Waals surface area contributed by atoms with E-state index in [-0.39, 0.29) is 5.41 Å². The molecule has 3 rings (SSSR count). The molecule has 0 aliphatic heterocycles. The third-order valence-corrected chi connectivity index (χ3v) is 4.34. The fourth-order valence-electron chi connectivity index (χ4n) is 3.21. The Morgan fingerprint density at radius 3 is 2.30 bits per heavy atom. The molecule has 0 N–H and O–H groups in total. The summed E-state index contributed by atoms with van der Waals surface area (Å²) < 4.78 is 0. The van der Waals surface area contributed by atoms with Crippen LogP contribution >= 0.6 is 0 Å². The minimum Gasteiger partial charge on any atom is -0.305 e. The van der Waals surface area contributed by atoms with Crippen molar-refractivity contribution in [3.63, 3.8) is 0 Å². The zero-order valence-corrected chi connectivity index (χ0v) is 12.7. The average molecular weight is 265 g/mol. The van der Waals surface area contributed by atoms with Crippen molar-refractivity contribution >= 4 is 0 Å². The smallest absolute Gasteiger partial charge is 0.0230 e. The van der Waals surface area contributed by atoms with Crippen LogP contribution in [0.5, 0.6) is 0 Å². The Bertz CT molecular complexity index is 594. The molecule has 1 nitrogen and oxygen atoms in total. The Hall–Kier alpha value is -1.60. The molecule has 0 saturated heterocycles. The number of benzene rings is 2. The standard InChI is InChI=1S/C19H23N/c1-15-9-10-16(14-20(2)3)18(13-15)19(11-12-19)17-7-5-4-6-8-17/h4-10,13H,11-12,14H2,1-3H3. The van der Waals surface area contributed by atoms with Crippen LogP contribution in [-0.2, 0) is 12.0 Å². The van der Waals surface area contributed by atoms with Crippen LogP contribution in [0.15, 0.2) is 48.5 Å². The number of hydrogen-bond donors (Lipinski definition) is 0. The van der Waals surface area contributed by atoms with Gasteiger partial charge in [0.05, 0.1) is 0 Å². The fraction of sp³-hybridized carbons (Fsp3) is 0.368. The summed E-state index contributed by atoms with van der Waals surface area (Å²) in [6, 6.07) is 18.0. The van der Waals surface area contributed by atoms with Crippen LogP contribution in [0.3, 0.4) is 0 Å². The number of aryl methyl sites for hydroxylation is 1. The van der Waals surface area contributed by atoms with Gasteiger partial charge in [0.1, 0.15) is 0 Å². The van der Waals surface area contributed by atoms with E-state index in [2.05, 4.69) is 74.4 Å². The summed E-state index contributed by atoms with van der Waals surface area (Å²) in [5, 5.41) is 0. The molecule has 2 aromatic rings. The molecule has 0 atom stereocenters. The van der Waals surface area contributed by atoms with Crippen molar-refractivity contribution in [2.75, 3.05) is 14.1 Å². The molecule has 1 heteroatoms. The molecule has 1 saturated carbocycles. The lowest BCUT2D eigenvalue weighted by atomic mass is 9.84. The molecule has 0 amide bonds. The molecule has 0 unspecified atom stereocenters. The van der Waals surface area contributed by atoms with Crippen LogP contribution in [0.4, 0.5) is 0 Å². The van der Waals surface area contributed by atoms with E-state index in [1.807, 2.05) is 0 Å². The second-order valence-corrected chi connectivity index (χ2v) is 6.35. The fourth-order valence-corrected chi connectivity index (χ4v) is 3.21. The predicted molar refractivity (Wildman–Crippen MR) is 85.0 cm³/mol. The molecule has 2 aromatic carbocycles. The van der Waals surface area contributed by atoms with Crippen LogP contribution in [0.25, 0.3) is 0 Å². The van der Waals surface area contributed by atoms with Crippen LogP contribution in [-0.4, -0.2) is 19.0 Å². The summed E-state index contributed by atoms with van der Waals surface area (Å²) >= 11 is 0. The molecule has 1 fully saturated rings. The van der Waals surface area contributed by atoms with Crippen molar-refractivity contribution < 1.29 is 0 Å². The lowest BCUT2D eigenvalue weighted by Crippen LogP contribution is -2.17. The summed E-state index contributed by atoms with van der Waals surface area (Å²) in [7, 11) is 4.29. The maximum atomic E-state index is 2.40. The topological polar surface area (TPSA) is 3.24 Å². The largest absolute Gasteiger partial charge is 0.305 e. The van der Waals surface area contributed by atoms with Gasteiger partial charge in [0.15, 0.2) is 0 Å². The Morgan fingerprint density at radius 2 is 1.70 bits per heavy atom. The molecule has 0 heterocycles. The van der Waals surface area contributed by atoms with Gasteiger partial charge >= 0.3 is 0 Å². The predicted octanol–water partition coefficient (Wildman–Crippen LogP) is 4.14. The van der Waals surface area contributed by atoms with Gasteiger partial charge in [-0.25, -0.2) is 0 Å². The summed E-state index contributed by atoms with van der Waals surface area (Å²) in [6.07, 6.45) is 2.56. The first kappa shape index (κ1) is 13.4. The lowest BCUT2D eigenvalue weighted by Gasteiger charge is -2.23. The van der Waals surface area contributed by atoms with E-state index in [0.29, 0.717) is 0 Å². The van der Waals surface area contributed by atoms with E-state index in [0.717, 1.165) is 6.54 Å².